The number of aryl methyl sites for hydroxylation is 1. The molecule has 2 aromatic rings. The number of carbonyl (C=O) groups excluding carboxylic acids is 1. The van der Waals surface area contributed by atoms with Crippen LogP contribution in [0.4, 0.5) is 4.39 Å². The second-order valence-corrected chi connectivity index (χ2v) is 10.3. The number of rotatable bonds is 8. The summed E-state index contributed by atoms with van der Waals surface area (Å²) in [5.74, 6) is -0.183. The third-order valence-corrected chi connectivity index (χ3v) is 5.45. The summed E-state index contributed by atoms with van der Waals surface area (Å²) in [6.07, 6.45) is 20.3. The van der Waals surface area contributed by atoms with E-state index in [1.165, 1.54) is 55.9 Å². The van der Waals surface area contributed by atoms with Gasteiger partial charge in [0.05, 0.1) is 11.6 Å². The number of benzene rings is 2. The lowest BCUT2D eigenvalue weighted by Crippen LogP contribution is -1.91. The molecule has 0 aliphatic rings. The highest BCUT2D eigenvalue weighted by Gasteiger charge is 1.98. The molecule has 2 rings (SSSR count). The van der Waals surface area contributed by atoms with Crippen LogP contribution in [0.25, 0.3) is 0 Å². The van der Waals surface area contributed by atoms with Gasteiger partial charge in [-0.05, 0) is 72.2 Å². The number of ketones is 1. The average molecular weight is 616 g/mol. The minimum Gasteiger partial charge on any atom is -0.295 e. The van der Waals surface area contributed by atoms with Gasteiger partial charge in [0.25, 0.3) is 0 Å². The summed E-state index contributed by atoms with van der Waals surface area (Å²) < 4.78 is 12.1. The largest absolute Gasteiger partial charge is 0.295 e. The van der Waals surface area contributed by atoms with Crippen LogP contribution in [0.3, 0.4) is 0 Å². The van der Waals surface area contributed by atoms with Crippen molar-refractivity contribution in [1.29, 1.82) is 5.26 Å². The second kappa shape index (κ2) is 36.2. The number of carbonyl (C=O) groups is 1. The number of nitrogens with zero attached hydrogens (tertiary/aromatic N) is 1. The summed E-state index contributed by atoms with van der Waals surface area (Å²) >= 11 is 0. The van der Waals surface area contributed by atoms with Gasteiger partial charge < -0.3 is 0 Å². The summed E-state index contributed by atoms with van der Waals surface area (Å²) in [5.41, 5.74) is 5.98. The van der Waals surface area contributed by atoms with Gasteiger partial charge >= 0.3 is 0 Å². The van der Waals surface area contributed by atoms with Gasteiger partial charge in [0.1, 0.15) is 5.82 Å². The Morgan fingerprint density at radius 2 is 1.40 bits per heavy atom. The first kappa shape index (κ1) is 47.9. The fourth-order valence-corrected chi connectivity index (χ4v) is 2.34. The van der Waals surface area contributed by atoms with Crippen molar-refractivity contribution < 1.29 is 9.18 Å². The summed E-state index contributed by atoms with van der Waals surface area (Å²) in [6, 6.07) is 15.0. The van der Waals surface area contributed by atoms with E-state index in [9.17, 15) is 9.18 Å². The molecule has 248 valence electrons. The molecule has 3 heteroatoms. The Bertz CT molecular complexity index is 1150. The second-order valence-electron chi connectivity index (χ2n) is 10.3. The molecule has 2 nitrogen and oxygen atoms in total. The van der Waals surface area contributed by atoms with Gasteiger partial charge in [-0.15, -0.1) is 0 Å². The molecule has 0 fully saturated rings. The van der Waals surface area contributed by atoms with Crippen LogP contribution in [-0.4, -0.2) is 5.78 Å². The molecule has 0 aromatic heterocycles. The van der Waals surface area contributed by atoms with Crippen molar-refractivity contribution in [2.45, 2.75) is 108 Å². The number of nitriles is 1. The molecule has 0 atom stereocenters. The Morgan fingerprint density at radius 3 is 1.73 bits per heavy atom. The summed E-state index contributed by atoms with van der Waals surface area (Å²) in [4.78, 5) is 10.8. The van der Waals surface area contributed by atoms with Crippen LogP contribution in [0.5, 0.6) is 0 Å². The summed E-state index contributed by atoms with van der Waals surface area (Å²) in [7, 11) is 0. The number of unbranched alkanes of at least 4 members (excludes halogenated alkanes) is 2. The van der Waals surface area contributed by atoms with Gasteiger partial charge in [-0.2, -0.15) is 5.26 Å². The maximum atomic E-state index is 12.1. The third-order valence-electron chi connectivity index (χ3n) is 5.45. The Labute approximate surface area is 277 Å². The van der Waals surface area contributed by atoms with E-state index in [4.69, 9.17) is 5.26 Å². The first-order chi connectivity index (χ1) is 21.3. The van der Waals surface area contributed by atoms with Gasteiger partial charge in [-0.1, -0.05) is 163 Å². The van der Waals surface area contributed by atoms with Crippen LogP contribution in [0, 0.1) is 24.1 Å². The average Bonchev–Trinajstić information content (AvgIpc) is 3.04. The zero-order chi connectivity index (χ0) is 35.5. The fourth-order valence-electron chi connectivity index (χ4n) is 2.34. The molecular weight excluding hydrogens is 553 g/mol. The van der Waals surface area contributed by atoms with Crippen LogP contribution >= 0.6 is 0 Å². The van der Waals surface area contributed by atoms with Crippen molar-refractivity contribution in [2.75, 3.05) is 0 Å². The lowest BCUT2D eigenvalue weighted by molar-refractivity contribution is 0.101. The predicted molar refractivity (Wildman–Crippen MR) is 200 cm³/mol. The standard InChI is InChI=1S/C10H16.C9H7NO.C8H12.C7H7F.2C4H10/c1-5-10(6-2)8-7-9(3)4;1-7(11)9-4-2-3-8(5-9)6-10;1-4-5-6-7-8(2)3;1-6-2-4-7(8)5-3-6;2*1-3-4-2/h5,7-8H,3,6H2,1-2,4H3;2-5H,1H3;4-7H,1H2,2-3H3;2-5H,1H3;2*3-4H2,1-2H3/b8-7-,10-5-;;6-5-;;;. The number of hydrogen-bond donors (Lipinski definition) is 0. The van der Waals surface area contributed by atoms with Crippen molar-refractivity contribution in [2.24, 2.45) is 0 Å². The van der Waals surface area contributed by atoms with Crippen molar-refractivity contribution in [3.8, 4) is 6.07 Å². The molecule has 45 heavy (non-hydrogen) atoms. The van der Waals surface area contributed by atoms with Crippen molar-refractivity contribution in [3.63, 3.8) is 0 Å². The van der Waals surface area contributed by atoms with Gasteiger partial charge in [0, 0.05) is 5.56 Å². The molecule has 0 N–H and O–H groups in total. The summed E-state index contributed by atoms with van der Waals surface area (Å²) in [6.45, 7) is 29.8. The molecule has 0 radical (unpaired) electrons. The highest BCUT2D eigenvalue weighted by Crippen LogP contribution is 2.04. The fraction of sp³-hybridized carbons (Fsp3) is 0.381. The Morgan fingerprint density at radius 1 is 0.867 bits per heavy atom. The normalized spacial score (nSPS) is 9.53. The van der Waals surface area contributed by atoms with E-state index in [2.05, 4.69) is 80.7 Å². The van der Waals surface area contributed by atoms with E-state index in [-0.39, 0.29) is 11.6 Å². The molecule has 0 aliphatic carbocycles. The van der Waals surface area contributed by atoms with E-state index < -0.39 is 0 Å². The Balaban J connectivity index is -0.000000232. The maximum Gasteiger partial charge on any atom is 0.159 e. The minimum absolute atomic E-state index is 0.0119. The first-order valence-corrected chi connectivity index (χ1v) is 16.0. The highest BCUT2D eigenvalue weighted by molar-refractivity contribution is 5.94. The third kappa shape index (κ3) is 40.0. The van der Waals surface area contributed by atoms with E-state index in [0.29, 0.717) is 11.1 Å². The molecule has 0 amide bonds. The van der Waals surface area contributed by atoms with Crippen molar-refractivity contribution in [1.82, 2.24) is 0 Å². The molecule has 0 bridgehead atoms. The molecule has 0 spiro atoms. The molecule has 0 saturated carbocycles. The molecule has 0 saturated heterocycles. The maximum absolute atomic E-state index is 12.1. The van der Waals surface area contributed by atoms with Crippen LogP contribution in [0.2, 0.25) is 0 Å². The number of halogens is 1. The number of Topliss-reactive ketones (excluding diaryl/α,β-unsaturated/α-hetero) is 1. The van der Waals surface area contributed by atoms with Crippen LogP contribution in [0.1, 0.15) is 123 Å². The Kier molecular flexibility index (Phi) is 38.5. The van der Waals surface area contributed by atoms with Crippen molar-refractivity contribution >= 4 is 5.78 Å². The lowest BCUT2D eigenvalue weighted by Gasteiger charge is -1.93. The van der Waals surface area contributed by atoms with E-state index in [0.717, 1.165) is 17.6 Å². The molecule has 2 aromatic carbocycles. The lowest BCUT2D eigenvalue weighted by atomic mass is 10.1. The topological polar surface area (TPSA) is 40.9 Å². The van der Waals surface area contributed by atoms with Gasteiger partial charge in [-0.25, -0.2) is 4.39 Å². The minimum atomic E-state index is -0.171. The van der Waals surface area contributed by atoms with Crippen LogP contribution in [0.15, 0.2) is 121 Å². The van der Waals surface area contributed by atoms with E-state index in [1.54, 1.807) is 42.5 Å². The number of hydrogen-bond acceptors (Lipinski definition) is 2. The summed E-state index contributed by atoms with van der Waals surface area (Å²) in [5, 5.41) is 8.48. The van der Waals surface area contributed by atoms with Gasteiger partial charge in [0.2, 0.25) is 0 Å². The van der Waals surface area contributed by atoms with Crippen molar-refractivity contribution in [3.05, 3.63) is 143 Å². The zero-order valence-electron chi connectivity index (χ0n) is 30.3. The van der Waals surface area contributed by atoms with Gasteiger partial charge in [-0.3, -0.25) is 4.79 Å². The number of allylic oxidation sites excluding steroid dienone is 10. The van der Waals surface area contributed by atoms with E-state index >= 15 is 0 Å². The predicted octanol–water partition coefficient (Wildman–Crippen LogP) is 13.7. The molecule has 0 aliphatic heterocycles. The first-order valence-electron chi connectivity index (χ1n) is 16.0. The van der Waals surface area contributed by atoms with Gasteiger partial charge in [0.15, 0.2) is 5.78 Å². The van der Waals surface area contributed by atoms with Crippen LogP contribution in [-0.2, 0) is 0 Å². The highest BCUT2D eigenvalue weighted by atomic mass is 19.1. The molecular formula is C42H62FNO. The zero-order valence-corrected chi connectivity index (χ0v) is 30.3. The SMILES string of the molecule is C=C(C)/C=C\C(=C/C)CC.C=C/C=C\C=C(C)C.CC(=O)c1cccc(C#N)c1.CCCC.CCCC.Cc1ccc(F)cc1. The molecule has 0 unspecified atom stereocenters. The Hall–Kier alpha value is -4.03. The van der Waals surface area contributed by atoms with Crippen LogP contribution < -0.4 is 0 Å². The molecule has 0 heterocycles. The smallest absolute Gasteiger partial charge is 0.159 e. The monoisotopic (exact) mass is 615 g/mol. The quantitative estimate of drug-likeness (QED) is 0.219. The van der Waals surface area contributed by atoms with E-state index in [1.807, 2.05) is 44.2 Å².